The van der Waals surface area contributed by atoms with Gasteiger partial charge in [-0.05, 0) is 40.4 Å². The molecule has 0 rings (SSSR count). The molecule has 0 spiro atoms. The summed E-state index contributed by atoms with van der Waals surface area (Å²) in [7, 11) is 4.03. The fourth-order valence-electron chi connectivity index (χ4n) is 1.88. The highest BCUT2D eigenvalue weighted by Gasteiger charge is 2.14. The molecule has 0 unspecified atom stereocenters. The summed E-state index contributed by atoms with van der Waals surface area (Å²) < 4.78 is 4.91. The van der Waals surface area contributed by atoms with E-state index in [-0.39, 0.29) is 18.3 Å². The Kier molecular flexibility index (Phi) is 11.1. The lowest BCUT2D eigenvalue weighted by Crippen LogP contribution is -2.35. The summed E-state index contributed by atoms with van der Waals surface area (Å²) in [5.74, 6) is -0.0803. The third kappa shape index (κ3) is 9.78. The van der Waals surface area contributed by atoms with Crippen LogP contribution in [-0.4, -0.2) is 62.0 Å². The summed E-state index contributed by atoms with van der Waals surface area (Å²) in [6, 6.07) is 0. The smallest absolute Gasteiger partial charge is 0.307 e. The summed E-state index contributed by atoms with van der Waals surface area (Å²) >= 11 is 0. The monoisotopic (exact) mass is 286 g/mol. The minimum absolute atomic E-state index is 0.148. The molecule has 1 amide bonds. The van der Waals surface area contributed by atoms with Crippen molar-refractivity contribution >= 4 is 11.9 Å². The van der Waals surface area contributed by atoms with Crippen LogP contribution >= 0.6 is 0 Å². The van der Waals surface area contributed by atoms with Crippen LogP contribution in [0.5, 0.6) is 0 Å². The molecule has 0 fully saturated rings. The highest BCUT2D eigenvalue weighted by Crippen LogP contribution is 2.04. The predicted molar refractivity (Wildman–Crippen MR) is 80.5 cm³/mol. The van der Waals surface area contributed by atoms with Crippen molar-refractivity contribution in [2.75, 3.05) is 40.3 Å². The number of esters is 1. The number of hydrogen-bond donors (Lipinski definition) is 0. The van der Waals surface area contributed by atoms with Gasteiger partial charge in [-0.25, -0.2) is 0 Å². The lowest BCUT2D eigenvalue weighted by atomic mass is 10.2. The van der Waals surface area contributed by atoms with Gasteiger partial charge in [-0.15, -0.1) is 0 Å². The van der Waals surface area contributed by atoms with E-state index in [1.165, 1.54) is 0 Å². The van der Waals surface area contributed by atoms with Crippen molar-refractivity contribution in [3.8, 4) is 0 Å². The van der Waals surface area contributed by atoms with Crippen LogP contribution in [0.4, 0.5) is 0 Å². The van der Waals surface area contributed by atoms with Crippen molar-refractivity contribution in [1.29, 1.82) is 0 Å². The number of hydrogen-bond acceptors (Lipinski definition) is 4. The van der Waals surface area contributed by atoms with E-state index in [1.807, 2.05) is 14.1 Å². The number of amides is 1. The maximum absolute atomic E-state index is 12.1. The van der Waals surface area contributed by atoms with Gasteiger partial charge in [0.05, 0.1) is 13.0 Å². The molecule has 0 aliphatic rings. The van der Waals surface area contributed by atoms with Crippen molar-refractivity contribution in [3.05, 3.63) is 0 Å². The van der Waals surface area contributed by atoms with E-state index < -0.39 is 0 Å². The molecular formula is C15H30N2O3. The standard InChI is InChI=1S/C15H30N2O3/c1-5-7-9-14(18)17(12-8-11-16(3)4)13-10-15(19)20-6-2/h5-13H2,1-4H3. The van der Waals surface area contributed by atoms with Gasteiger partial charge in [0.15, 0.2) is 0 Å². The molecule has 118 valence electrons. The van der Waals surface area contributed by atoms with Gasteiger partial charge in [0.2, 0.25) is 5.91 Å². The molecule has 0 saturated carbocycles. The van der Waals surface area contributed by atoms with Gasteiger partial charge < -0.3 is 14.5 Å². The van der Waals surface area contributed by atoms with Crippen LogP contribution in [0.25, 0.3) is 0 Å². The number of rotatable bonds is 11. The van der Waals surface area contributed by atoms with E-state index in [0.29, 0.717) is 26.1 Å². The highest BCUT2D eigenvalue weighted by atomic mass is 16.5. The third-order valence-electron chi connectivity index (χ3n) is 3.02. The average molecular weight is 286 g/mol. The molecule has 0 aromatic carbocycles. The zero-order valence-corrected chi connectivity index (χ0v) is 13.5. The van der Waals surface area contributed by atoms with E-state index in [9.17, 15) is 9.59 Å². The molecule has 0 bridgehead atoms. The molecule has 20 heavy (non-hydrogen) atoms. The van der Waals surface area contributed by atoms with Crippen LogP contribution < -0.4 is 0 Å². The molecule has 5 nitrogen and oxygen atoms in total. The quantitative estimate of drug-likeness (QED) is 0.544. The SMILES string of the molecule is CCCCC(=O)N(CCCN(C)C)CCC(=O)OCC. The molecule has 0 aliphatic heterocycles. The van der Waals surface area contributed by atoms with E-state index in [0.717, 1.165) is 25.8 Å². The van der Waals surface area contributed by atoms with E-state index >= 15 is 0 Å². The van der Waals surface area contributed by atoms with Gasteiger partial charge >= 0.3 is 5.97 Å². The normalized spacial score (nSPS) is 10.7. The van der Waals surface area contributed by atoms with Crippen LogP contribution in [0.3, 0.4) is 0 Å². The minimum Gasteiger partial charge on any atom is -0.466 e. The number of nitrogens with zero attached hydrogens (tertiary/aromatic N) is 2. The molecule has 0 heterocycles. The van der Waals surface area contributed by atoms with Gasteiger partial charge in [0, 0.05) is 19.5 Å². The Balaban J connectivity index is 4.22. The average Bonchev–Trinajstić information content (AvgIpc) is 2.39. The first kappa shape index (κ1) is 18.9. The first-order valence-electron chi connectivity index (χ1n) is 7.59. The third-order valence-corrected chi connectivity index (χ3v) is 3.02. The number of carbonyl (C=O) groups excluding carboxylic acids is 2. The van der Waals surface area contributed by atoms with Crippen molar-refractivity contribution in [2.45, 2.75) is 46.0 Å². The molecule has 0 radical (unpaired) electrons. The van der Waals surface area contributed by atoms with Gasteiger partial charge in [-0.1, -0.05) is 13.3 Å². The fraction of sp³-hybridized carbons (Fsp3) is 0.867. The second-order valence-electron chi connectivity index (χ2n) is 5.20. The van der Waals surface area contributed by atoms with Gasteiger partial charge in [0.25, 0.3) is 0 Å². The van der Waals surface area contributed by atoms with Crippen LogP contribution in [-0.2, 0) is 14.3 Å². The number of carbonyl (C=O) groups is 2. The van der Waals surface area contributed by atoms with Crippen LogP contribution in [0, 0.1) is 0 Å². The molecular weight excluding hydrogens is 256 g/mol. The zero-order chi connectivity index (χ0) is 15.4. The predicted octanol–water partition coefficient (Wildman–Crippen LogP) is 1.91. The van der Waals surface area contributed by atoms with Crippen molar-refractivity contribution in [1.82, 2.24) is 9.80 Å². The van der Waals surface area contributed by atoms with Crippen molar-refractivity contribution in [3.63, 3.8) is 0 Å². The lowest BCUT2D eigenvalue weighted by molar-refractivity contribution is -0.144. The Labute approximate surface area is 123 Å². The van der Waals surface area contributed by atoms with Gasteiger partial charge in [0.1, 0.15) is 0 Å². The van der Waals surface area contributed by atoms with Crippen LogP contribution in [0.2, 0.25) is 0 Å². The summed E-state index contributed by atoms with van der Waals surface area (Å²) in [5, 5.41) is 0. The Morgan fingerprint density at radius 3 is 2.20 bits per heavy atom. The first-order valence-corrected chi connectivity index (χ1v) is 7.59. The molecule has 0 aromatic heterocycles. The van der Waals surface area contributed by atoms with E-state index in [1.54, 1.807) is 11.8 Å². The maximum Gasteiger partial charge on any atom is 0.307 e. The Hall–Kier alpha value is -1.10. The second kappa shape index (κ2) is 11.7. The Morgan fingerprint density at radius 2 is 1.65 bits per heavy atom. The van der Waals surface area contributed by atoms with Gasteiger partial charge in [-0.2, -0.15) is 0 Å². The zero-order valence-electron chi connectivity index (χ0n) is 13.5. The Bertz CT molecular complexity index is 280. The molecule has 0 N–H and O–H groups in total. The largest absolute Gasteiger partial charge is 0.466 e. The van der Waals surface area contributed by atoms with Crippen molar-refractivity contribution in [2.24, 2.45) is 0 Å². The molecule has 0 atom stereocenters. The number of ether oxygens (including phenoxy) is 1. The molecule has 0 aromatic rings. The summed E-state index contributed by atoms with van der Waals surface area (Å²) in [6.45, 7) is 6.37. The minimum atomic E-state index is -0.228. The Morgan fingerprint density at radius 1 is 0.950 bits per heavy atom. The van der Waals surface area contributed by atoms with Gasteiger partial charge in [-0.3, -0.25) is 9.59 Å². The van der Waals surface area contributed by atoms with Crippen LogP contribution in [0.15, 0.2) is 0 Å². The molecule has 0 saturated heterocycles. The molecule has 0 aliphatic carbocycles. The first-order chi connectivity index (χ1) is 9.51. The van der Waals surface area contributed by atoms with Crippen molar-refractivity contribution < 1.29 is 14.3 Å². The van der Waals surface area contributed by atoms with E-state index in [4.69, 9.17) is 4.74 Å². The number of unbranched alkanes of at least 4 members (excludes halogenated alkanes) is 1. The summed E-state index contributed by atoms with van der Waals surface area (Å²) in [5.41, 5.74) is 0. The fourth-order valence-corrected chi connectivity index (χ4v) is 1.88. The van der Waals surface area contributed by atoms with E-state index in [2.05, 4.69) is 11.8 Å². The lowest BCUT2D eigenvalue weighted by Gasteiger charge is -2.23. The maximum atomic E-state index is 12.1. The summed E-state index contributed by atoms with van der Waals surface area (Å²) in [4.78, 5) is 27.4. The topological polar surface area (TPSA) is 49.9 Å². The highest BCUT2D eigenvalue weighted by molar-refractivity contribution is 5.77. The van der Waals surface area contributed by atoms with Crippen LogP contribution in [0.1, 0.15) is 46.0 Å². The summed E-state index contributed by atoms with van der Waals surface area (Å²) in [6.07, 6.45) is 3.69. The second-order valence-corrected chi connectivity index (χ2v) is 5.20. The molecule has 5 heteroatoms.